The van der Waals surface area contributed by atoms with Crippen LogP contribution in [-0.4, -0.2) is 5.78 Å². The number of ketones is 1. The van der Waals surface area contributed by atoms with E-state index in [1.807, 2.05) is 12.1 Å². The molecule has 84 valence electrons. The molecule has 16 heavy (non-hydrogen) atoms. The predicted molar refractivity (Wildman–Crippen MR) is 66.3 cm³/mol. The zero-order valence-electron chi connectivity index (χ0n) is 9.78. The van der Waals surface area contributed by atoms with Crippen molar-refractivity contribution < 1.29 is 4.79 Å². The summed E-state index contributed by atoms with van der Waals surface area (Å²) in [4.78, 5) is 11.4. The third kappa shape index (κ3) is 3.06. The molecule has 0 amide bonds. The van der Waals surface area contributed by atoms with Crippen molar-refractivity contribution in [2.24, 2.45) is 5.92 Å². The smallest absolute Gasteiger partial charge is 0.155 e. The largest absolute Gasteiger partial charge is 0.295 e. The van der Waals surface area contributed by atoms with E-state index in [0.29, 0.717) is 11.7 Å². The minimum atomic E-state index is 0.307. The second-order valence-corrected chi connectivity index (χ2v) is 4.77. The quantitative estimate of drug-likeness (QED) is 0.752. The van der Waals surface area contributed by atoms with Crippen LogP contribution >= 0.6 is 0 Å². The highest BCUT2D eigenvalue weighted by Crippen LogP contribution is 2.24. The van der Waals surface area contributed by atoms with Crippen LogP contribution in [-0.2, 0) is 11.2 Å². The molecule has 1 atom stereocenters. The second kappa shape index (κ2) is 5.11. The van der Waals surface area contributed by atoms with Crippen LogP contribution in [0.5, 0.6) is 0 Å². The lowest BCUT2D eigenvalue weighted by Crippen LogP contribution is -2.11. The van der Waals surface area contributed by atoms with E-state index in [0.717, 1.165) is 25.7 Å². The summed E-state index contributed by atoms with van der Waals surface area (Å²) in [5.74, 6) is 0.838. The fraction of sp³-hybridized carbons (Fsp3) is 0.400. The SMILES string of the molecule is CC1CC(=O)C=C(CCc2ccccc2)C1. The van der Waals surface area contributed by atoms with Crippen molar-refractivity contribution in [2.75, 3.05) is 0 Å². The van der Waals surface area contributed by atoms with Gasteiger partial charge in [0.2, 0.25) is 0 Å². The van der Waals surface area contributed by atoms with Crippen molar-refractivity contribution in [1.29, 1.82) is 0 Å². The fourth-order valence-corrected chi connectivity index (χ4v) is 2.33. The maximum atomic E-state index is 11.4. The van der Waals surface area contributed by atoms with Gasteiger partial charge < -0.3 is 0 Å². The highest BCUT2D eigenvalue weighted by atomic mass is 16.1. The first-order valence-electron chi connectivity index (χ1n) is 6.00. The molecular weight excluding hydrogens is 196 g/mol. The van der Waals surface area contributed by atoms with E-state index in [9.17, 15) is 4.79 Å². The van der Waals surface area contributed by atoms with Gasteiger partial charge in [-0.25, -0.2) is 0 Å². The molecule has 1 aromatic rings. The molecule has 1 aliphatic rings. The third-order valence-electron chi connectivity index (χ3n) is 3.10. The average Bonchev–Trinajstić information content (AvgIpc) is 2.27. The molecule has 0 heterocycles. The van der Waals surface area contributed by atoms with Crippen molar-refractivity contribution in [1.82, 2.24) is 0 Å². The predicted octanol–water partition coefficient (Wildman–Crippen LogP) is 3.54. The normalized spacial score (nSPS) is 20.7. The Hall–Kier alpha value is -1.37. The van der Waals surface area contributed by atoms with Gasteiger partial charge in [-0.15, -0.1) is 0 Å². The molecule has 1 heteroatoms. The first-order chi connectivity index (χ1) is 7.74. The monoisotopic (exact) mass is 214 g/mol. The standard InChI is InChI=1S/C15H18O/c1-12-9-14(11-15(16)10-12)8-7-13-5-3-2-4-6-13/h2-6,11-12H,7-10H2,1H3. The van der Waals surface area contributed by atoms with Gasteiger partial charge in [-0.05, 0) is 36.8 Å². The van der Waals surface area contributed by atoms with Crippen LogP contribution < -0.4 is 0 Å². The Morgan fingerprint density at radius 2 is 1.88 bits per heavy atom. The second-order valence-electron chi connectivity index (χ2n) is 4.77. The number of rotatable bonds is 3. The lowest BCUT2D eigenvalue weighted by molar-refractivity contribution is -0.115. The molecule has 0 spiro atoms. The van der Waals surface area contributed by atoms with Crippen LogP contribution in [0.15, 0.2) is 42.0 Å². The minimum Gasteiger partial charge on any atom is -0.295 e. The van der Waals surface area contributed by atoms with Crippen molar-refractivity contribution in [3.05, 3.63) is 47.5 Å². The molecule has 1 nitrogen and oxygen atoms in total. The molecule has 0 bridgehead atoms. The van der Waals surface area contributed by atoms with Crippen LogP contribution in [0.2, 0.25) is 0 Å². The van der Waals surface area contributed by atoms with Crippen molar-refractivity contribution in [3.63, 3.8) is 0 Å². The van der Waals surface area contributed by atoms with Gasteiger partial charge in [0.1, 0.15) is 0 Å². The molecule has 1 unspecified atom stereocenters. The summed E-state index contributed by atoms with van der Waals surface area (Å²) in [5, 5.41) is 0. The molecule has 0 aromatic heterocycles. The molecule has 0 N–H and O–H groups in total. The number of hydrogen-bond acceptors (Lipinski definition) is 1. The van der Waals surface area contributed by atoms with E-state index in [-0.39, 0.29) is 0 Å². The van der Waals surface area contributed by atoms with Crippen LogP contribution in [0.1, 0.15) is 31.7 Å². The highest BCUT2D eigenvalue weighted by Gasteiger charge is 2.16. The van der Waals surface area contributed by atoms with Gasteiger partial charge in [-0.2, -0.15) is 0 Å². The number of carbonyl (C=O) groups is 1. The molecule has 0 fully saturated rings. The van der Waals surface area contributed by atoms with Gasteiger partial charge in [0.25, 0.3) is 0 Å². The molecule has 0 aliphatic heterocycles. The summed E-state index contributed by atoms with van der Waals surface area (Å²) >= 11 is 0. The summed E-state index contributed by atoms with van der Waals surface area (Å²) in [6.07, 6.45) is 5.77. The third-order valence-corrected chi connectivity index (χ3v) is 3.10. The first kappa shape index (κ1) is 11.1. The Labute approximate surface area is 97.2 Å². The van der Waals surface area contributed by atoms with E-state index in [1.54, 1.807) is 0 Å². The van der Waals surface area contributed by atoms with Gasteiger partial charge in [-0.1, -0.05) is 42.8 Å². The summed E-state index contributed by atoms with van der Waals surface area (Å²) in [6.45, 7) is 2.16. The van der Waals surface area contributed by atoms with Crippen LogP contribution in [0, 0.1) is 5.92 Å². The summed E-state index contributed by atoms with van der Waals surface area (Å²) < 4.78 is 0. The molecular formula is C15H18O. The summed E-state index contributed by atoms with van der Waals surface area (Å²) in [5.41, 5.74) is 2.68. The first-order valence-corrected chi connectivity index (χ1v) is 6.00. The fourth-order valence-electron chi connectivity index (χ4n) is 2.33. The topological polar surface area (TPSA) is 17.1 Å². The Morgan fingerprint density at radius 3 is 2.56 bits per heavy atom. The number of carbonyl (C=O) groups excluding carboxylic acids is 1. The van der Waals surface area contributed by atoms with E-state index in [2.05, 4.69) is 31.2 Å². The Bertz CT molecular complexity index is 389. The average molecular weight is 214 g/mol. The lowest BCUT2D eigenvalue weighted by Gasteiger charge is -2.18. The zero-order valence-corrected chi connectivity index (χ0v) is 9.78. The molecule has 0 saturated heterocycles. The van der Waals surface area contributed by atoms with Gasteiger partial charge in [0.05, 0.1) is 0 Å². The number of allylic oxidation sites excluding steroid dienone is 2. The van der Waals surface area contributed by atoms with E-state index in [4.69, 9.17) is 0 Å². The molecule has 1 aliphatic carbocycles. The number of benzene rings is 1. The van der Waals surface area contributed by atoms with E-state index >= 15 is 0 Å². The van der Waals surface area contributed by atoms with Crippen LogP contribution in [0.4, 0.5) is 0 Å². The van der Waals surface area contributed by atoms with Crippen LogP contribution in [0.3, 0.4) is 0 Å². The lowest BCUT2D eigenvalue weighted by atomic mass is 9.87. The Balaban J connectivity index is 1.93. The maximum Gasteiger partial charge on any atom is 0.155 e. The van der Waals surface area contributed by atoms with Crippen molar-refractivity contribution >= 4 is 5.78 Å². The van der Waals surface area contributed by atoms with Crippen LogP contribution in [0.25, 0.3) is 0 Å². The van der Waals surface area contributed by atoms with Crippen molar-refractivity contribution in [2.45, 2.75) is 32.6 Å². The van der Waals surface area contributed by atoms with Gasteiger partial charge in [0, 0.05) is 6.42 Å². The summed E-state index contributed by atoms with van der Waals surface area (Å²) in [7, 11) is 0. The van der Waals surface area contributed by atoms with Gasteiger partial charge in [0.15, 0.2) is 5.78 Å². The zero-order chi connectivity index (χ0) is 11.4. The Morgan fingerprint density at radius 1 is 1.12 bits per heavy atom. The molecule has 1 aromatic carbocycles. The van der Waals surface area contributed by atoms with Gasteiger partial charge >= 0.3 is 0 Å². The van der Waals surface area contributed by atoms with Crippen molar-refractivity contribution in [3.8, 4) is 0 Å². The number of aryl methyl sites for hydroxylation is 1. The molecule has 0 saturated carbocycles. The summed E-state index contributed by atoms with van der Waals surface area (Å²) in [6, 6.07) is 10.5. The van der Waals surface area contributed by atoms with E-state index in [1.165, 1.54) is 11.1 Å². The molecule has 0 radical (unpaired) electrons. The van der Waals surface area contributed by atoms with Gasteiger partial charge in [-0.3, -0.25) is 4.79 Å². The Kier molecular flexibility index (Phi) is 3.55. The van der Waals surface area contributed by atoms with E-state index < -0.39 is 0 Å². The maximum absolute atomic E-state index is 11.4. The molecule has 2 rings (SSSR count). The minimum absolute atomic E-state index is 0.307. The number of hydrogen-bond donors (Lipinski definition) is 0. The highest BCUT2D eigenvalue weighted by molar-refractivity contribution is 5.91.